The average molecular weight is 397 g/mol. The number of carbonyl (C=O) groups is 1. The van der Waals surface area contributed by atoms with Crippen molar-refractivity contribution >= 4 is 17.5 Å². The fraction of sp³-hybridized carbons (Fsp3) is 0.273. The Morgan fingerprint density at radius 1 is 1.14 bits per heavy atom. The van der Waals surface area contributed by atoms with Gasteiger partial charge in [0.1, 0.15) is 0 Å². The van der Waals surface area contributed by atoms with Crippen molar-refractivity contribution in [2.75, 3.05) is 7.05 Å². The largest absolute Gasteiger partial charge is 0.348 e. The quantitative estimate of drug-likeness (QED) is 0.650. The maximum absolute atomic E-state index is 12.7. The summed E-state index contributed by atoms with van der Waals surface area (Å²) in [5.41, 5.74) is 3.09. The zero-order chi connectivity index (χ0) is 20.1. The Labute approximate surface area is 170 Å². The standard InChI is InChI=1S/C22H25ClN4O/c1-16(19-9-11-20(23)12-10-19)25-22(28)17(2)26(3)14-18-13-24-27(15-18)21-7-5-4-6-8-21/h4-13,15-17H,14H2,1-3H3,(H,25,28). The molecular weight excluding hydrogens is 372 g/mol. The van der Waals surface area contributed by atoms with Gasteiger partial charge in [-0.15, -0.1) is 0 Å². The molecule has 1 aromatic heterocycles. The Morgan fingerprint density at radius 2 is 1.82 bits per heavy atom. The average Bonchev–Trinajstić information content (AvgIpc) is 3.17. The Kier molecular flexibility index (Phi) is 6.49. The van der Waals surface area contributed by atoms with Crippen LogP contribution in [0.15, 0.2) is 67.0 Å². The molecule has 5 nitrogen and oxygen atoms in total. The first-order valence-electron chi connectivity index (χ1n) is 9.29. The van der Waals surface area contributed by atoms with Gasteiger partial charge in [-0.3, -0.25) is 9.69 Å². The van der Waals surface area contributed by atoms with Crippen LogP contribution in [-0.4, -0.2) is 33.7 Å². The summed E-state index contributed by atoms with van der Waals surface area (Å²) in [7, 11) is 1.94. The number of nitrogens with zero attached hydrogens (tertiary/aromatic N) is 3. The molecule has 2 atom stereocenters. The van der Waals surface area contributed by atoms with E-state index in [-0.39, 0.29) is 18.0 Å². The molecule has 6 heteroatoms. The number of para-hydroxylation sites is 1. The lowest BCUT2D eigenvalue weighted by Crippen LogP contribution is -2.43. The number of halogens is 1. The number of rotatable bonds is 7. The van der Waals surface area contributed by atoms with E-state index in [0.29, 0.717) is 11.6 Å². The van der Waals surface area contributed by atoms with Crippen LogP contribution in [0.3, 0.4) is 0 Å². The van der Waals surface area contributed by atoms with E-state index in [1.54, 1.807) is 0 Å². The lowest BCUT2D eigenvalue weighted by molar-refractivity contribution is -0.126. The number of carbonyl (C=O) groups excluding carboxylic acids is 1. The first-order valence-corrected chi connectivity index (χ1v) is 9.67. The summed E-state index contributed by atoms with van der Waals surface area (Å²) >= 11 is 5.93. The molecule has 0 spiro atoms. The summed E-state index contributed by atoms with van der Waals surface area (Å²) in [4.78, 5) is 14.7. The summed E-state index contributed by atoms with van der Waals surface area (Å²) in [6.45, 7) is 4.51. The molecule has 2 unspecified atom stereocenters. The monoisotopic (exact) mass is 396 g/mol. The summed E-state index contributed by atoms with van der Waals surface area (Å²) < 4.78 is 1.84. The topological polar surface area (TPSA) is 50.2 Å². The minimum atomic E-state index is -0.269. The highest BCUT2D eigenvalue weighted by Crippen LogP contribution is 2.17. The van der Waals surface area contributed by atoms with E-state index >= 15 is 0 Å². The van der Waals surface area contributed by atoms with E-state index in [4.69, 9.17) is 11.6 Å². The number of amides is 1. The molecule has 0 aliphatic heterocycles. The lowest BCUT2D eigenvalue weighted by atomic mass is 10.1. The highest BCUT2D eigenvalue weighted by atomic mass is 35.5. The number of hydrogen-bond acceptors (Lipinski definition) is 3. The van der Waals surface area contributed by atoms with Crippen LogP contribution < -0.4 is 5.32 Å². The van der Waals surface area contributed by atoms with Gasteiger partial charge in [-0.05, 0) is 50.7 Å². The van der Waals surface area contributed by atoms with Crippen molar-refractivity contribution in [3.05, 3.63) is 83.1 Å². The third-order valence-electron chi connectivity index (χ3n) is 4.86. The predicted molar refractivity (Wildman–Crippen MR) is 113 cm³/mol. The molecule has 3 rings (SSSR count). The normalized spacial score (nSPS) is 13.3. The smallest absolute Gasteiger partial charge is 0.237 e. The van der Waals surface area contributed by atoms with E-state index < -0.39 is 0 Å². The minimum Gasteiger partial charge on any atom is -0.348 e. The second kappa shape index (κ2) is 9.04. The first-order chi connectivity index (χ1) is 13.4. The zero-order valence-corrected chi connectivity index (χ0v) is 17.1. The molecule has 1 amide bonds. The molecule has 0 radical (unpaired) electrons. The number of hydrogen-bond donors (Lipinski definition) is 1. The molecule has 2 aromatic carbocycles. The second-order valence-corrected chi connectivity index (χ2v) is 7.44. The summed E-state index contributed by atoms with van der Waals surface area (Å²) in [5, 5.41) is 8.17. The van der Waals surface area contributed by atoms with E-state index in [1.165, 1.54) is 0 Å². The minimum absolute atomic E-state index is 0.0135. The molecule has 0 saturated carbocycles. The van der Waals surface area contributed by atoms with Gasteiger partial charge in [-0.1, -0.05) is 41.9 Å². The van der Waals surface area contributed by atoms with E-state index in [2.05, 4.69) is 10.4 Å². The van der Waals surface area contributed by atoms with E-state index in [9.17, 15) is 4.79 Å². The van der Waals surface area contributed by atoms with Gasteiger partial charge in [0.2, 0.25) is 5.91 Å². The zero-order valence-electron chi connectivity index (χ0n) is 16.3. The molecule has 0 aliphatic rings. The van der Waals surface area contributed by atoms with E-state index in [1.807, 2.05) is 97.5 Å². The number of aromatic nitrogens is 2. The molecule has 0 saturated heterocycles. The van der Waals surface area contributed by atoms with Crippen LogP contribution in [-0.2, 0) is 11.3 Å². The Balaban J connectivity index is 1.58. The number of likely N-dealkylation sites (N-methyl/N-ethyl adjacent to an activating group) is 1. The van der Waals surface area contributed by atoms with Crippen LogP contribution in [0.25, 0.3) is 5.69 Å². The van der Waals surface area contributed by atoms with Gasteiger partial charge in [-0.25, -0.2) is 4.68 Å². The van der Waals surface area contributed by atoms with Gasteiger partial charge < -0.3 is 5.32 Å². The van der Waals surface area contributed by atoms with Crippen LogP contribution in [0.2, 0.25) is 5.02 Å². The van der Waals surface area contributed by atoms with Gasteiger partial charge in [0.05, 0.1) is 24.0 Å². The summed E-state index contributed by atoms with van der Waals surface area (Å²) in [6, 6.07) is 17.1. The van der Waals surface area contributed by atoms with E-state index in [0.717, 1.165) is 16.8 Å². The molecule has 28 heavy (non-hydrogen) atoms. The predicted octanol–water partition coefficient (Wildman–Crippen LogP) is 4.22. The lowest BCUT2D eigenvalue weighted by Gasteiger charge is -2.25. The van der Waals surface area contributed by atoms with Crippen LogP contribution >= 0.6 is 11.6 Å². The Hall–Kier alpha value is -2.63. The summed E-state index contributed by atoms with van der Waals surface area (Å²) in [5.74, 6) is -0.0135. The van der Waals surface area contributed by atoms with Crippen LogP contribution in [0.1, 0.15) is 31.0 Å². The molecule has 1 heterocycles. The number of benzene rings is 2. The maximum Gasteiger partial charge on any atom is 0.237 e. The highest BCUT2D eigenvalue weighted by Gasteiger charge is 2.20. The maximum atomic E-state index is 12.7. The van der Waals surface area contributed by atoms with Gasteiger partial charge in [0.25, 0.3) is 0 Å². The Morgan fingerprint density at radius 3 is 2.50 bits per heavy atom. The van der Waals surface area contributed by atoms with Crippen molar-refractivity contribution in [3.8, 4) is 5.69 Å². The summed E-state index contributed by atoms with van der Waals surface area (Å²) in [6.07, 6.45) is 3.83. The van der Waals surface area contributed by atoms with Crippen LogP contribution in [0.4, 0.5) is 0 Å². The second-order valence-electron chi connectivity index (χ2n) is 7.00. The van der Waals surface area contributed by atoms with Gasteiger partial charge in [-0.2, -0.15) is 5.10 Å². The molecule has 3 aromatic rings. The fourth-order valence-corrected chi connectivity index (χ4v) is 3.08. The molecule has 1 N–H and O–H groups in total. The highest BCUT2D eigenvalue weighted by molar-refractivity contribution is 6.30. The molecule has 0 bridgehead atoms. The van der Waals surface area contributed by atoms with Crippen LogP contribution in [0.5, 0.6) is 0 Å². The third kappa shape index (κ3) is 5.00. The van der Waals surface area contributed by atoms with Crippen molar-refractivity contribution < 1.29 is 4.79 Å². The van der Waals surface area contributed by atoms with Gasteiger partial charge in [0, 0.05) is 23.3 Å². The fourth-order valence-electron chi connectivity index (χ4n) is 2.96. The molecule has 146 valence electrons. The van der Waals surface area contributed by atoms with Crippen molar-refractivity contribution in [1.82, 2.24) is 20.0 Å². The van der Waals surface area contributed by atoms with Crippen molar-refractivity contribution in [2.24, 2.45) is 0 Å². The van der Waals surface area contributed by atoms with Crippen molar-refractivity contribution in [2.45, 2.75) is 32.5 Å². The molecule has 0 aliphatic carbocycles. The number of nitrogens with one attached hydrogen (secondary N) is 1. The molecular formula is C22H25ClN4O. The first kappa shape index (κ1) is 20.1. The van der Waals surface area contributed by atoms with Gasteiger partial charge >= 0.3 is 0 Å². The third-order valence-corrected chi connectivity index (χ3v) is 5.11. The van der Waals surface area contributed by atoms with Crippen molar-refractivity contribution in [1.29, 1.82) is 0 Å². The SMILES string of the molecule is CC(NC(=O)C(C)N(C)Cc1cnn(-c2ccccc2)c1)c1ccc(Cl)cc1. The Bertz CT molecular complexity index is 908. The van der Waals surface area contributed by atoms with Gasteiger partial charge in [0.15, 0.2) is 0 Å². The van der Waals surface area contributed by atoms with Crippen molar-refractivity contribution in [3.63, 3.8) is 0 Å². The van der Waals surface area contributed by atoms with Crippen LogP contribution in [0, 0.1) is 0 Å². The molecule has 0 fully saturated rings.